The standard InChI is InChI=1S/C17H20BrN5O3/c1-17(2,3)26-16(25)22-6-4-10(5-7-22)12-8-13(24)20-15-11(9-19)14(18)21-23(12)15/h8,10H,4-7H2,1-3H3,(H,20,24). The van der Waals surface area contributed by atoms with E-state index in [-0.39, 0.29) is 17.6 Å². The summed E-state index contributed by atoms with van der Waals surface area (Å²) in [5.41, 5.74) is 0.634. The summed E-state index contributed by atoms with van der Waals surface area (Å²) < 4.78 is 7.42. The van der Waals surface area contributed by atoms with Crippen LogP contribution in [-0.2, 0) is 4.74 Å². The lowest BCUT2D eigenvalue weighted by atomic mass is 9.93. The molecular formula is C17H20BrN5O3. The second kappa shape index (κ2) is 6.76. The number of aromatic amines is 1. The van der Waals surface area contributed by atoms with E-state index >= 15 is 0 Å². The van der Waals surface area contributed by atoms with Gasteiger partial charge in [0.2, 0.25) is 0 Å². The Bertz CT molecular complexity index is 942. The largest absolute Gasteiger partial charge is 0.444 e. The molecule has 0 bridgehead atoms. The average molecular weight is 422 g/mol. The molecule has 1 aliphatic heterocycles. The molecule has 3 rings (SSSR count). The summed E-state index contributed by atoms with van der Waals surface area (Å²) in [6, 6.07) is 3.56. The van der Waals surface area contributed by atoms with Crippen molar-refractivity contribution in [2.75, 3.05) is 13.1 Å². The first-order chi connectivity index (χ1) is 12.2. The highest BCUT2D eigenvalue weighted by molar-refractivity contribution is 9.10. The van der Waals surface area contributed by atoms with Crippen molar-refractivity contribution in [1.82, 2.24) is 19.5 Å². The van der Waals surface area contributed by atoms with Gasteiger partial charge in [-0.3, -0.25) is 4.79 Å². The molecule has 0 unspecified atom stereocenters. The van der Waals surface area contributed by atoms with Gasteiger partial charge < -0.3 is 14.6 Å². The van der Waals surface area contributed by atoms with Crippen molar-refractivity contribution >= 4 is 27.7 Å². The van der Waals surface area contributed by atoms with E-state index < -0.39 is 5.60 Å². The summed E-state index contributed by atoms with van der Waals surface area (Å²) in [5.74, 6) is 0.0665. The van der Waals surface area contributed by atoms with Gasteiger partial charge in [0, 0.05) is 25.1 Å². The smallest absolute Gasteiger partial charge is 0.410 e. The first-order valence-electron chi connectivity index (χ1n) is 8.39. The number of hydrogen-bond acceptors (Lipinski definition) is 5. The van der Waals surface area contributed by atoms with Gasteiger partial charge in [0.1, 0.15) is 21.8 Å². The Morgan fingerprint density at radius 3 is 2.65 bits per heavy atom. The van der Waals surface area contributed by atoms with E-state index in [1.165, 1.54) is 6.07 Å². The van der Waals surface area contributed by atoms with Crippen molar-refractivity contribution in [1.29, 1.82) is 5.26 Å². The van der Waals surface area contributed by atoms with Crippen molar-refractivity contribution in [3.05, 3.63) is 32.3 Å². The number of nitrogens with zero attached hydrogens (tertiary/aromatic N) is 4. The van der Waals surface area contributed by atoms with E-state index in [0.29, 0.717) is 41.7 Å². The van der Waals surface area contributed by atoms with Crippen LogP contribution in [0.5, 0.6) is 0 Å². The van der Waals surface area contributed by atoms with Crippen LogP contribution < -0.4 is 5.56 Å². The number of carbonyl (C=O) groups is 1. The van der Waals surface area contributed by atoms with Gasteiger partial charge in [-0.25, -0.2) is 9.31 Å². The molecule has 3 heterocycles. The van der Waals surface area contributed by atoms with Crippen molar-refractivity contribution < 1.29 is 9.53 Å². The number of aromatic nitrogens is 3. The summed E-state index contributed by atoms with van der Waals surface area (Å²) in [4.78, 5) is 28.6. The number of carbonyl (C=O) groups excluding carboxylic acids is 1. The topological polar surface area (TPSA) is 103 Å². The molecule has 0 aliphatic carbocycles. The molecule has 0 radical (unpaired) electrons. The Morgan fingerprint density at radius 2 is 2.08 bits per heavy atom. The quantitative estimate of drug-likeness (QED) is 0.761. The van der Waals surface area contributed by atoms with Crippen LogP contribution in [0.1, 0.15) is 50.8 Å². The number of likely N-dealkylation sites (tertiary alicyclic amines) is 1. The first kappa shape index (κ1) is 18.5. The zero-order chi connectivity index (χ0) is 19.1. The van der Waals surface area contributed by atoms with Gasteiger partial charge in [-0.05, 0) is 49.5 Å². The lowest BCUT2D eigenvalue weighted by molar-refractivity contribution is 0.0203. The number of ether oxygens (including phenoxy) is 1. The molecule has 0 saturated carbocycles. The molecule has 1 amide bonds. The molecule has 0 spiro atoms. The molecule has 8 nitrogen and oxygen atoms in total. The summed E-state index contributed by atoms with van der Waals surface area (Å²) in [6.45, 7) is 6.61. The zero-order valence-electron chi connectivity index (χ0n) is 14.9. The lowest BCUT2D eigenvalue weighted by Gasteiger charge is -2.33. The highest BCUT2D eigenvalue weighted by Gasteiger charge is 2.29. The Labute approximate surface area is 158 Å². The van der Waals surface area contributed by atoms with Gasteiger partial charge >= 0.3 is 6.09 Å². The van der Waals surface area contributed by atoms with Gasteiger partial charge in [0.25, 0.3) is 5.56 Å². The Morgan fingerprint density at radius 1 is 1.42 bits per heavy atom. The predicted molar refractivity (Wildman–Crippen MR) is 98.0 cm³/mol. The Balaban J connectivity index is 1.83. The zero-order valence-corrected chi connectivity index (χ0v) is 16.5. The monoisotopic (exact) mass is 421 g/mol. The van der Waals surface area contributed by atoms with Gasteiger partial charge in [-0.2, -0.15) is 10.4 Å². The van der Waals surface area contributed by atoms with Gasteiger partial charge in [0.15, 0.2) is 5.65 Å². The minimum absolute atomic E-state index is 0.0665. The van der Waals surface area contributed by atoms with E-state index in [1.807, 2.05) is 26.8 Å². The van der Waals surface area contributed by atoms with Gasteiger partial charge in [0.05, 0.1) is 5.69 Å². The van der Waals surface area contributed by atoms with Crippen LogP contribution in [0.25, 0.3) is 5.65 Å². The van der Waals surface area contributed by atoms with Crippen LogP contribution in [0.3, 0.4) is 0 Å². The van der Waals surface area contributed by atoms with E-state index in [1.54, 1.807) is 9.42 Å². The van der Waals surface area contributed by atoms with Crippen LogP contribution in [0.15, 0.2) is 15.5 Å². The first-order valence-corrected chi connectivity index (χ1v) is 9.18. The maximum absolute atomic E-state index is 12.2. The third-order valence-electron chi connectivity index (χ3n) is 4.28. The van der Waals surface area contributed by atoms with Crippen LogP contribution in [0, 0.1) is 11.3 Å². The fourth-order valence-electron chi connectivity index (χ4n) is 3.12. The Hall–Kier alpha value is -2.34. The number of fused-ring (bicyclic) bond motifs is 1. The normalized spacial score (nSPS) is 15.9. The Kier molecular flexibility index (Phi) is 4.80. The molecule has 1 saturated heterocycles. The van der Waals surface area contributed by atoms with Crippen LogP contribution >= 0.6 is 15.9 Å². The number of piperidine rings is 1. The van der Waals surface area contributed by atoms with Crippen LogP contribution in [0.2, 0.25) is 0 Å². The van der Waals surface area contributed by atoms with E-state index in [2.05, 4.69) is 26.0 Å². The van der Waals surface area contributed by atoms with Gasteiger partial charge in [-0.15, -0.1) is 0 Å². The number of halogens is 1. The third kappa shape index (κ3) is 3.60. The molecule has 2 aromatic rings. The minimum Gasteiger partial charge on any atom is -0.444 e. The summed E-state index contributed by atoms with van der Waals surface area (Å²) in [6.07, 6.45) is 1.06. The molecule has 1 N–H and O–H groups in total. The highest BCUT2D eigenvalue weighted by Crippen LogP contribution is 2.29. The van der Waals surface area contributed by atoms with E-state index in [4.69, 9.17) is 4.74 Å². The molecular weight excluding hydrogens is 402 g/mol. The summed E-state index contributed by atoms with van der Waals surface area (Å²) in [7, 11) is 0. The minimum atomic E-state index is -0.526. The molecule has 138 valence electrons. The lowest BCUT2D eigenvalue weighted by Crippen LogP contribution is -2.41. The number of nitrogens with one attached hydrogen (secondary N) is 1. The number of rotatable bonds is 1. The number of hydrogen-bond donors (Lipinski definition) is 1. The van der Waals surface area contributed by atoms with E-state index in [0.717, 1.165) is 5.69 Å². The molecule has 2 aromatic heterocycles. The second-order valence-corrected chi connectivity index (χ2v) is 8.09. The number of nitriles is 1. The average Bonchev–Trinajstić information content (AvgIpc) is 2.87. The van der Waals surface area contributed by atoms with Crippen molar-refractivity contribution in [3.8, 4) is 6.07 Å². The highest BCUT2D eigenvalue weighted by atomic mass is 79.9. The molecule has 26 heavy (non-hydrogen) atoms. The maximum Gasteiger partial charge on any atom is 0.410 e. The molecule has 9 heteroatoms. The predicted octanol–water partition coefficient (Wildman–Crippen LogP) is 2.77. The maximum atomic E-state index is 12.2. The van der Waals surface area contributed by atoms with Crippen molar-refractivity contribution in [2.24, 2.45) is 0 Å². The molecule has 0 aromatic carbocycles. The van der Waals surface area contributed by atoms with Crippen molar-refractivity contribution in [3.63, 3.8) is 0 Å². The molecule has 1 fully saturated rings. The second-order valence-electron chi connectivity index (χ2n) is 7.34. The summed E-state index contributed by atoms with van der Waals surface area (Å²) >= 11 is 3.26. The van der Waals surface area contributed by atoms with Crippen LogP contribution in [0.4, 0.5) is 4.79 Å². The van der Waals surface area contributed by atoms with E-state index in [9.17, 15) is 14.9 Å². The van der Waals surface area contributed by atoms with Crippen molar-refractivity contribution in [2.45, 2.75) is 45.1 Å². The fourth-order valence-corrected chi connectivity index (χ4v) is 3.55. The third-order valence-corrected chi connectivity index (χ3v) is 4.84. The summed E-state index contributed by atoms with van der Waals surface area (Å²) in [5, 5.41) is 13.6. The SMILES string of the molecule is CC(C)(C)OC(=O)N1CCC(c2cc(=O)[nH]c3c(C#N)c(Br)nn23)CC1. The molecule has 0 atom stereocenters. The van der Waals surface area contributed by atoms with Crippen LogP contribution in [-0.4, -0.2) is 44.3 Å². The number of H-pyrrole nitrogens is 1. The fraction of sp³-hybridized carbons (Fsp3) is 0.529. The van der Waals surface area contributed by atoms with Gasteiger partial charge in [-0.1, -0.05) is 0 Å². The molecule has 1 aliphatic rings. The number of amides is 1.